The number of rotatable bonds is 6. The van der Waals surface area contributed by atoms with E-state index in [-0.39, 0.29) is 30.3 Å². The Balaban J connectivity index is 0. The predicted molar refractivity (Wildman–Crippen MR) is 66.1 cm³/mol. The van der Waals surface area contributed by atoms with E-state index in [2.05, 4.69) is 11.6 Å². The molecule has 14 heavy (non-hydrogen) atoms. The highest BCUT2D eigenvalue weighted by atomic mass is 35.5. The zero-order chi connectivity index (χ0) is 10.3. The molecule has 0 aromatic rings. The third kappa shape index (κ3) is 7.47. The van der Waals surface area contributed by atoms with Crippen LogP contribution in [0, 0.1) is 5.92 Å². The van der Waals surface area contributed by atoms with Crippen LogP contribution in [0.5, 0.6) is 0 Å². The molecule has 86 valence electrons. The minimum atomic E-state index is -0.0886. The zero-order valence-corrected chi connectivity index (χ0v) is 10.7. The fraction of sp³-hybridized carbons (Fsp3) is 0.889. The molecule has 2 atom stereocenters. The first-order valence-corrected chi connectivity index (χ1v) is 6.01. The largest absolute Gasteiger partial charge is 0.356 e. The minimum Gasteiger partial charge on any atom is -0.356 e. The highest BCUT2D eigenvalue weighted by Gasteiger charge is 2.15. The van der Waals surface area contributed by atoms with Crippen LogP contribution in [0.2, 0.25) is 0 Å². The van der Waals surface area contributed by atoms with Gasteiger partial charge in [0.15, 0.2) is 0 Å². The molecule has 0 aliphatic carbocycles. The molecule has 0 saturated heterocycles. The highest BCUT2D eigenvalue weighted by molar-refractivity contribution is 7.98. The normalized spacial score (nSPS) is 14.0. The van der Waals surface area contributed by atoms with Crippen molar-refractivity contribution < 1.29 is 4.79 Å². The lowest BCUT2D eigenvalue weighted by Crippen LogP contribution is -2.39. The van der Waals surface area contributed by atoms with Crippen molar-refractivity contribution in [2.75, 3.05) is 18.6 Å². The molecular formula is C9H21ClN2OS. The van der Waals surface area contributed by atoms with Gasteiger partial charge in [0.2, 0.25) is 5.91 Å². The molecule has 0 aliphatic heterocycles. The van der Waals surface area contributed by atoms with Gasteiger partial charge in [-0.3, -0.25) is 4.79 Å². The van der Waals surface area contributed by atoms with Crippen LogP contribution in [0.1, 0.15) is 20.3 Å². The second-order valence-electron chi connectivity index (χ2n) is 3.29. The van der Waals surface area contributed by atoms with E-state index in [9.17, 15) is 4.79 Å². The Morgan fingerprint density at radius 3 is 2.50 bits per heavy atom. The summed E-state index contributed by atoms with van der Waals surface area (Å²) in [6.07, 6.45) is 3.09. The van der Waals surface area contributed by atoms with Gasteiger partial charge in [-0.15, -0.1) is 12.4 Å². The maximum absolute atomic E-state index is 11.3. The predicted octanol–water partition coefficient (Wildman–Crippen LogP) is 1.26. The summed E-state index contributed by atoms with van der Waals surface area (Å²) in [7, 11) is 0. The number of nitrogens with two attached hydrogens (primary N) is 1. The summed E-state index contributed by atoms with van der Waals surface area (Å²) < 4.78 is 0. The Hall–Kier alpha value is 0.0700. The molecule has 0 aromatic carbocycles. The SMILES string of the molecule is CSCCCNC(=O)C(C)C(C)N.Cl. The molecule has 1 amide bonds. The van der Waals surface area contributed by atoms with Crippen LogP contribution in [0.25, 0.3) is 0 Å². The van der Waals surface area contributed by atoms with Crippen LogP contribution in [0.15, 0.2) is 0 Å². The van der Waals surface area contributed by atoms with Crippen LogP contribution < -0.4 is 11.1 Å². The van der Waals surface area contributed by atoms with Gasteiger partial charge in [0.25, 0.3) is 0 Å². The summed E-state index contributed by atoms with van der Waals surface area (Å²) in [5, 5.41) is 2.87. The Morgan fingerprint density at radius 1 is 1.50 bits per heavy atom. The summed E-state index contributed by atoms with van der Waals surface area (Å²) in [4.78, 5) is 11.3. The van der Waals surface area contributed by atoms with Crippen molar-refractivity contribution in [1.82, 2.24) is 5.32 Å². The van der Waals surface area contributed by atoms with E-state index in [0.717, 1.165) is 18.7 Å². The number of hydrogen-bond donors (Lipinski definition) is 2. The average Bonchev–Trinajstić information content (AvgIpc) is 2.10. The topological polar surface area (TPSA) is 55.1 Å². The third-order valence-electron chi connectivity index (χ3n) is 2.03. The van der Waals surface area contributed by atoms with Crippen molar-refractivity contribution in [1.29, 1.82) is 0 Å². The standard InChI is InChI=1S/C9H20N2OS.ClH/c1-7(8(2)10)9(12)11-5-4-6-13-3;/h7-8H,4-6,10H2,1-3H3,(H,11,12);1H. The summed E-state index contributed by atoms with van der Waals surface area (Å²) >= 11 is 1.79. The van der Waals surface area contributed by atoms with Crippen molar-refractivity contribution in [2.45, 2.75) is 26.3 Å². The zero-order valence-electron chi connectivity index (χ0n) is 9.08. The van der Waals surface area contributed by atoms with E-state index < -0.39 is 0 Å². The van der Waals surface area contributed by atoms with Gasteiger partial charge in [-0.1, -0.05) is 6.92 Å². The van der Waals surface area contributed by atoms with E-state index in [1.807, 2.05) is 13.8 Å². The number of halogens is 1. The van der Waals surface area contributed by atoms with Crippen LogP contribution in [0.3, 0.4) is 0 Å². The molecule has 0 bridgehead atoms. The van der Waals surface area contributed by atoms with E-state index in [0.29, 0.717) is 0 Å². The monoisotopic (exact) mass is 240 g/mol. The molecule has 0 saturated carbocycles. The molecule has 0 radical (unpaired) electrons. The molecule has 5 heteroatoms. The van der Waals surface area contributed by atoms with Gasteiger partial charge in [-0.2, -0.15) is 11.8 Å². The van der Waals surface area contributed by atoms with Gasteiger partial charge < -0.3 is 11.1 Å². The van der Waals surface area contributed by atoms with Crippen molar-refractivity contribution in [3.05, 3.63) is 0 Å². The number of carbonyl (C=O) groups is 1. The van der Waals surface area contributed by atoms with E-state index in [4.69, 9.17) is 5.73 Å². The number of carbonyl (C=O) groups excluding carboxylic acids is 1. The smallest absolute Gasteiger partial charge is 0.224 e. The maximum atomic E-state index is 11.3. The Morgan fingerprint density at radius 2 is 2.07 bits per heavy atom. The summed E-state index contributed by atoms with van der Waals surface area (Å²) in [5.41, 5.74) is 5.60. The number of nitrogens with one attached hydrogen (secondary N) is 1. The molecule has 3 N–H and O–H groups in total. The van der Waals surface area contributed by atoms with E-state index in [1.165, 1.54) is 0 Å². The van der Waals surface area contributed by atoms with Gasteiger partial charge in [0.05, 0.1) is 0 Å². The lowest BCUT2D eigenvalue weighted by atomic mass is 10.0. The summed E-state index contributed by atoms with van der Waals surface area (Å²) in [6.45, 7) is 4.47. The van der Waals surface area contributed by atoms with Gasteiger partial charge in [-0.25, -0.2) is 0 Å². The van der Waals surface area contributed by atoms with Gasteiger partial charge in [0.1, 0.15) is 0 Å². The maximum Gasteiger partial charge on any atom is 0.224 e. The fourth-order valence-electron chi connectivity index (χ4n) is 0.828. The van der Waals surface area contributed by atoms with Crippen molar-refractivity contribution in [3.63, 3.8) is 0 Å². The molecule has 0 rings (SSSR count). The van der Waals surface area contributed by atoms with Crippen LogP contribution in [-0.2, 0) is 4.79 Å². The third-order valence-corrected chi connectivity index (χ3v) is 2.72. The molecule has 0 spiro atoms. The number of amides is 1. The molecule has 0 aliphatic rings. The second-order valence-corrected chi connectivity index (χ2v) is 4.27. The first-order chi connectivity index (χ1) is 6.09. The van der Waals surface area contributed by atoms with Gasteiger partial charge in [-0.05, 0) is 25.4 Å². The molecule has 0 aromatic heterocycles. The van der Waals surface area contributed by atoms with Gasteiger partial charge >= 0.3 is 0 Å². The van der Waals surface area contributed by atoms with Crippen LogP contribution in [0.4, 0.5) is 0 Å². The lowest BCUT2D eigenvalue weighted by Gasteiger charge is -2.14. The molecule has 0 fully saturated rings. The average molecular weight is 241 g/mol. The van der Waals surface area contributed by atoms with Crippen molar-refractivity contribution in [3.8, 4) is 0 Å². The first-order valence-electron chi connectivity index (χ1n) is 4.61. The quantitative estimate of drug-likeness (QED) is 0.688. The van der Waals surface area contributed by atoms with Crippen LogP contribution >= 0.6 is 24.2 Å². The highest BCUT2D eigenvalue weighted by Crippen LogP contribution is 1.99. The summed E-state index contributed by atoms with van der Waals surface area (Å²) in [5.74, 6) is 1.07. The minimum absolute atomic E-state index is 0. The van der Waals surface area contributed by atoms with Gasteiger partial charge in [0, 0.05) is 18.5 Å². The molecule has 3 nitrogen and oxygen atoms in total. The van der Waals surface area contributed by atoms with Crippen molar-refractivity contribution >= 4 is 30.1 Å². The van der Waals surface area contributed by atoms with E-state index >= 15 is 0 Å². The Bertz CT molecular complexity index is 156. The second kappa shape index (κ2) is 9.62. The fourth-order valence-corrected chi connectivity index (χ4v) is 1.26. The van der Waals surface area contributed by atoms with Crippen molar-refractivity contribution in [2.24, 2.45) is 11.7 Å². The molecule has 2 unspecified atom stereocenters. The van der Waals surface area contributed by atoms with E-state index in [1.54, 1.807) is 11.8 Å². The lowest BCUT2D eigenvalue weighted by molar-refractivity contribution is -0.124. The Kier molecular flexibility index (Phi) is 11.3. The molecular weight excluding hydrogens is 220 g/mol. The number of hydrogen-bond acceptors (Lipinski definition) is 3. The van der Waals surface area contributed by atoms with Crippen LogP contribution in [-0.4, -0.2) is 30.5 Å². The Labute approximate surface area is 97.0 Å². The first kappa shape index (κ1) is 16.5. The number of thioether (sulfide) groups is 1. The molecule has 0 heterocycles. The summed E-state index contributed by atoms with van der Waals surface area (Å²) in [6, 6.07) is -0.0689.